The molecule has 1 aromatic rings. The molecule has 1 heterocycles. The van der Waals surface area contributed by atoms with Gasteiger partial charge in [-0.3, -0.25) is 0 Å². The van der Waals surface area contributed by atoms with Gasteiger partial charge in [-0.1, -0.05) is 12.8 Å². The van der Waals surface area contributed by atoms with Crippen molar-refractivity contribution in [1.29, 1.82) is 0 Å². The van der Waals surface area contributed by atoms with E-state index in [9.17, 15) is 0 Å². The quantitative estimate of drug-likeness (QED) is 0.859. The number of hydrogen-bond donors (Lipinski definition) is 1. The van der Waals surface area contributed by atoms with Gasteiger partial charge in [0.2, 0.25) is 0 Å². The van der Waals surface area contributed by atoms with Crippen LogP contribution in [0.2, 0.25) is 0 Å². The number of rotatable bonds is 4. The number of nitrogens with zero attached hydrogens (tertiary/aromatic N) is 1. The van der Waals surface area contributed by atoms with E-state index in [0.717, 1.165) is 41.8 Å². The Hall–Kier alpha value is -1.42. The van der Waals surface area contributed by atoms with Crippen molar-refractivity contribution < 1.29 is 9.47 Å². The van der Waals surface area contributed by atoms with E-state index in [0.29, 0.717) is 13.2 Å². The molecule has 0 bridgehead atoms. The van der Waals surface area contributed by atoms with Gasteiger partial charge in [0.1, 0.15) is 13.2 Å². The van der Waals surface area contributed by atoms with Gasteiger partial charge in [0.05, 0.1) is 0 Å². The summed E-state index contributed by atoms with van der Waals surface area (Å²) in [6.07, 6.45) is 5.54. The molecule has 3 rings (SSSR count). The van der Waals surface area contributed by atoms with Crippen LogP contribution in [0.3, 0.4) is 0 Å². The molecule has 0 spiro atoms. The van der Waals surface area contributed by atoms with Crippen molar-refractivity contribution in [2.24, 2.45) is 5.92 Å². The lowest BCUT2D eigenvalue weighted by Crippen LogP contribution is -2.25. The maximum absolute atomic E-state index is 6.14. The number of hydrogen-bond acceptors (Lipinski definition) is 4. The summed E-state index contributed by atoms with van der Waals surface area (Å²) in [7, 11) is 2.18. The van der Waals surface area contributed by atoms with Crippen molar-refractivity contribution in [2.45, 2.75) is 32.2 Å². The number of benzene rings is 1. The van der Waals surface area contributed by atoms with Gasteiger partial charge in [-0.15, -0.1) is 0 Å². The molecule has 110 valence electrons. The lowest BCUT2D eigenvalue weighted by molar-refractivity contribution is 0.171. The molecule has 0 atom stereocenters. The molecule has 1 saturated carbocycles. The van der Waals surface area contributed by atoms with E-state index in [1.165, 1.54) is 25.7 Å². The van der Waals surface area contributed by atoms with E-state index < -0.39 is 0 Å². The number of fused-ring (bicyclic) bond motifs is 1. The van der Waals surface area contributed by atoms with E-state index in [4.69, 9.17) is 15.2 Å². The Labute approximate surface area is 120 Å². The predicted octanol–water partition coefficient (Wildman–Crippen LogP) is 2.66. The maximum Gasteiger partial charge on any atom is 0.163 e. The van der Waals surface area contributed by atoms with Crippen molar-refractivity contribution in [3.05, 3.63) is 17.7 Å². The fourth-order valence-electron chi connectivity index (χ4n) is 3.27. The Morgan fingerprint density at radius 1 is 1.15 bits per heavy atom. The molecule has 0 saturated heterocycles. The minimum absolute atomic E-state index is 0.605. The molecule has 1 aromatic carbocycles. The van der Waals surface area contributed by atoms with E-state index >= 15 is 0 Å². The molecular formula is C16H24N2O2. The van der Waals surface area contributed by atoms with Gasteiger partial charge in [0.25, 0.3) is 0 Å². The summed E-state index contributed by atoms with van der Waals surface area (Å²) in [5.74, 6) is 2.46. The van der Waals surface area contributed by atoms with Crippen LogP contribution in [-0.2, 0) is 6.54 Å². The molecule has 1 aliphatic carbocycles. The Balaban J connectivity index is 1.66. The third-order valence-corrected chi connectivity index (χ3v) is 4.29. The highest BCUT2D eigenvalue weighted by molar-refractivity contribution is 5.58. The minimum atomic E-state index is 0.605. The monoisotopic (exact) mass is 276 g/mol. The van der Waals surface area contributed by atoms with Crippen molar-refractivity contribution >= 4 is 5.69 Å². The molecule has 0 aromatic heterocycles. The second-order valence-corrected chi connectivity index (χ2v) is 6.04. The van der Waals surface area contributed by atoms with Gasteiger partial charge in [-0.2, -0.15) is 0 Å². The summed E-state index contributed by atoms with van der Waals surface area (Å²) in [6, 6.07) is 3.93. The lowest BCUT2D eigenvalue weighted by Gasteiger charge is -2.24. The molecule has 2 aliphatic rings. The van der Waals surface area contributed by atoms with Crippen molar-refractivity contribution in [2.75, 3.05) is 32.5 Å². The standard InChI is InChI=1S/C16H24N2O2/c1-18(10-12-4-2-3-5-12)11-13-8-15-16(9-14(13)17)20-7-6-19-15/h8-9,12H,2-7,10-11,17H2,1H3. The van der Waals surface area contributed by atoms with Crippen LogP contribution >= 0.6 is 0 Å². The molecular weight excluding hydrogens is 252 g/mol. The average Bonchev–Trinajstić information content (AvgIpc) is 2.92. The topological polar surface area (TPSA) is 47.7 Å². The zero-order valence-corrected chi connectivity index (χ0v) is 12.2. The summed E-state index contributed by atoms with van der Waals surface area (Å²) < 4.78 is 11.2. The van der Waals surface area contributed by atoms with Gasteiger partial charge < -0.3 is 20.1 Å². The van der Waals surface area contributed by atoms with Gasteiger partial charge in [0, 0.05) is 24.8 Å². The van der Waals surface area contributed by atoms with Gasteiger partial charge in [-0.05, 0) is 37.4 Å². The van der Waals surface area contributed by atoms with Crippen LogP contribution in [0.15, 0.2) is 12.1 Å². The molecule has 1 aliphatic heterocycles. The molecule has 1 fully saturated rings. The third kappa shape index (κ3) is 3.01. The first-order chi connectivity index (χ1) is 9.72. The van der Waals surface area contributed by atoms with E-state index in [1.54, 1.807) is 0 Å². The first-order valence-electron chi connectivity index (χ1n) is 7.59. The lowest BCUT2D eigenvalue weighted by atomic mass is 10.1. The van der Waals surface area contributed by atoms with Crippen LogP contribution in [0.4, 0.5) is 5.69 Å². The SMILES string of the molecule is CN(Cc1cc2c(cc1N)OCCO2)CC1CCCC1. The molecule has 2 N–H and O–H groups in total. The summed E-state index contributed by atoms with van der Waals surface area (Å²) in [5, 5.41) is 0. The Morgan fingerprint density at radius 3 is 2.50 bits per heavy atom. The van der Waals surface area contributed by atoms with Crippen molar-refractivity contribution in [3.63, 3.8) is 0 Å². The Kier molecular flexibility index (Phi) is 4.01. The molecule has 0 radical (unpaired) electrons. The van der Waals surface area contributed by atoms with Gasteiger partial charge >= 0.3 is 0 Å². The highest BCUT2D eigenvalue weighted by atomic mass is 16.6. The normalized spacial score (nSPS) is 18.7. The molecule has 4 nitrogen and oxygen atoms in total. The van der Waals surface area contributed by atoms with Crippen LogP contribution in [0.25, 0.3) is 0 Å². The predicted molar refractivity (Wildman–Crippen MR) is 80.1 cm³/mol. The highest BCUT2D eigenvalue weighted by Gasteiger charge is 2.19. The number of ether oxygens (including phenoxy) is 2. The Morgan fingerprint density at radius 2 is 1.80 bits per heavy atom. The van der Waals surface area contributed by atoms with Crippen molar-refractivity contribution in [1.82, 2.24) is 4.90 Å². The highest BCUT2D eigenvalue weighted by Crippen LogP contribution is 2.35. The maximum atomic E-state index is 6.14. The van der Waals surface area contributed by atoms with E-state index in [1.807, 2.05) is 12.1 Å². The third-order valence-electron chi connectivity index (χ3n) is 4.29. The first-order valence-corrected chi connectivity index (χ1v) is 7.59. The minimum Gasteiger partial charge on any atom is -0.486 e. The summed E-state index contributed by atoms with van der Waals surface area (Å²) in [5.41, 5.74) is 8.07. The van der Waals surface area contributed by atoms with Crippen LogP contribution in [0.5, 0.6) is 11.5 Å². The fraction of sp³-hybridized carbons (Fsp3) is 0.625. The van der Waals surface area contributed by atoms with Crippen LogP contribution in [0.1, 0.15) is 31.2 Å². The summed E-state index contributed by atoms with van der Waals surface area (Å²) >= 11 is 0. The van der Waals surface area contributed by atoms with Crippen LogP contribution in [0, 0.1) is 5.92 Å². The van der Waals surface area contributed by atoms with Crippen molar-refractivity contribution in [3.8, 4) is 11.5 Å². The number of nitrogens with two attached hydrogens (primary N) is 1. The summed E-state index contributed by atoms with van der Waals surface area (Å²) in [4.78, 5) is 2.37. The van der Waals surface area contributed by atoms with E-state index in [-0.39, 0.29) is 0 Å². The summed E-state index contributed by atoms with van der Waals surface area (Å²) in [6.45, 7) is 3.26. The molecule has 0 amide bonds. The number of anilines is 1. The smallest absolute Gasteiger partial charge is 0.163 e. The molecule has 4 heteroatoms. The largest absolute Gasteiger partial charge is 0.486 e. The first kappa shape index (κ1) is 13.6. The van der Waals surface area contributed by atoms with E-state index in [2.05, 4.69) is 11.9 Å². The van der Waals surface area contributed by atoms with Gasteiger partial charge in [-0.25, -0.2) is 0 Å². The zero-order valence-electron chi connectivity index (χ0n) is 12.2. The van der Waals surface area contributed by atoms with Gasteiger partial charge in [0.15, 0.2) is 11.5 Å². The average molecular weight is 276 g/mol. The fourth-order valence-corrected chi connectivity index (χ4v) is 3.27. The molecule has 0 unspecified atom stereocenters. The molecule has 20 heavy (non-hydrogen) atoms. The second kappa shape index (κ2) is 5.92. The zero-order chi connectivity index (χ0) is 13.9. The van der Waals surface area contributed by atoms with Crippen LogP contribution < -0.4 is 15.2 Å². The second-order valence-electron chi connectivity index (χ2n) is 6.04. The number of nitrogen functional groups attached to an aromatic ring is 1. The Bertz CT molecular complexity index is 470. The van der Waals surface area contributed by atoms with Crippen LogP contribution in [-0.4, -0.2) is 31.7 Å².